The molecule has 0 aromatic heterocycles. The maximum Gasteiger partial charge on any atom is 0.472 e. The molecule has 0 heterocycles. The van der Waals surface area contributed by atoms with Crippen molar-refractivity contribution in [1.29, 1.82) is 0 Å². The van der Waals surface area contributed by atoms with Crippen LogP contribution in [0, 0.1) is 0 Å². The second-order valence-electron chi connectivity index (χ2n) is 27.7. The standard InChI is InChI=1S/C77H150O17P2/c1-5-9-13-17-21-25-29-31-33-34-35-36-37-38-40-44-48-52-56-60-64-77(82)94-73(68-88-75(80)62-58-54-50-46-43-39-32-30-26-22-18-14-10-6-2)70-92-96(85,86)90-66-71(78)65-89-95(83,84)91-69-72(93-76(81)63-59-55-51-47-42-28-24-20-16-12-8-4)67-87-74(79)61-57-53-49-45-41-27-23-19-15-11-7-3/h71-73,78H,5-70H2,1-4H3,(H,83,84)(H,85,86)/t71-,72+,73+/m0/s1. The van der Waals surface area contributed by atoms with Gasteiger partial charge in [-0.05, 0) is 25.7 Å². The van der Waals surface area contributed by atoms with Gasteiger partial charge in [0.2, 0.25) is 0 Å². The van der Waals surface area contributed by atoms with Crippen LogP contribution < -0.4 is 0 Å². The molecule has 0 spiro atoms. The number of hydrogen-bond acceptors (Lipinski definition) is 15. The summed E-state index contributed by atoms with van der Waals surface area (Å²) in [6.45, 7) is 4.99. The van der Waals surface area contributed by atoms with E-state index in [1.165, 1.54) is 244 Å². The molecule has 0 fully saturated rings. The summed E-state index contributed by atoms with van der Waals surface area (Å²) in [7, 11) is -9.91. The van der Waals surface area contributed by atoms with Crippen molar-refractivity contribution < 1.29 is 80.2 Å². The number of aliphatic hydroxyl groups excluding tert-OH is 1. The molecule has 570 valence electrons. The third kappa shape index (κ3) is 70.5. The Balaban J connectivity index is 5.21. The molecule has 19 heteroatoms. The average molecular weight is 1410 g/mol. The largest absolute Gasteiger partial charge is 0.472 e. The summed E-state index contributed by atoms with van der Waals surface area (Å²) in [5.74, 6) is -2.11. The molecule has 0 aliphatic heterocycles. The highest BCUT2D eigenvalue weighted by Crippen LogP contribution is 2.45. The fourth-order valence-corrected chi connectivity index (χ4v) is 13.5. The zero-order valence-corrected chi connectivity index (χ0v) is 64.1. The van der Waals surface area contributed by atoms with Gasteiger partial charge < -0.3 is 33.8 Å². The second kappa shape index (κ2) is 71.5. The lowest BCUT2D eigenvalue weighted by molar-refractivity contribution is -0.161. The maximum absolute atomic E-state index is 13.1. The van der Waals surface area contributed by atoms with Crippen LogP contribution in [0.1, 0.15) is 413 Å². The molecule has 2 unspecified atom stereocenters. The van der Waals surface area contributed by atoms with E-state index in [-0.39, 0.29) is 25.7 Å². The Morgan fingerprint density at radius 2 is 0.417 bits per heavy atom. The van der Waals surface area contributed by atoms with Crippen LogP contribution in [0.5, 0.6) is 0 Å². The fraction of sp³-hybridized carbons (Fsp3) is 0.948. The van der Waals surface area contributed by atoms with Crippen LogP contribution >= 0.6 is 15.6 Å². The molecule has 3 N–H and O–H groups in total. The number of ether oxygens (including phenoxy) is 4. The predicted molar refractivity (Wildman–Crippen MR) is 391 cm³/mol. The normalized spacial score (nSPS) is 13.9. The van der Waals surface area contributed by atoms with Gasteiger partial charge in [-0.2, -0.15) is 0 Å². The van der Waals surface area contributed by atoms with E-state index in [0.29, 0.717) is 25.7 Å². The Morgan fingerprint density at radius 3 is 0.615 bits per heavy atom. The van der Waals surface area contributed by atoms with Crippen LogP contribution in [0.4, 0.5) is 0 Å². The summed E-state index contributed by atoms with van der Waals surface area (Å²) in [6.07, 6.45) is 62.3. The van der Waals surface area contributed by atoms with Crippen molar-refractivity contribution in [2.24, 2.45) is 0 Å². The Hall–Kier alpha value is -1.94. The number of hydrogen-bond donors (Lipinski definition) is 3. The molecule has 0 bridgehead atoms. The van der Waals surface area contributed by atoms with Crippen LogP contribution in [0.2, 0.25) is 0 Å². The second-order valence-corrected chi connectivity index (χ2v) is 30.7. The van der Waals surface area contributed by atoms with Crippen molar-refractivity contribution in [2.75, 3.05) is 39.6 Å². The van der Waals surface area contributed by atoms with E-state index in [1.54, 1.807) is 0 Å². The Kier molecular flexibility index (Phi) is 70.0. The monoisotopic (exact) mass is 1410 g/mol. The molecule has 0 aromatic carbocycles. The van der Waals surface area contributed by atoms with E-state index in [0.717, 1.165) is 89.9 Å². The third-order valence-corrected chi connectivity index (χ3v) is 20.0. The van der Waals surface area contributed by atoms with Crippen LogP contribution in [0.3, 0.4) is 0 Å². The smallest absolute Gasteiger partial charge is 0.462 e. The van der Waals surface area contributed by atoms with Crippen molar-refractivity contribution >= 4 is 39.5 Å². The Labute approximate surface area is 588 Å². The van der Waals surface area contributed by atoms with Gasteiger partial charge in [0.25, 0.3) is 0 Å². The molecule has 0 rings (SSSR count). The molecule has 0 radical (unpaired) electrons. The molecule has 0 amide bonds. The molecule has 0 saturated heterocycles. The molecule has 5 atom stereocenters. The minimum Gasteiger partial charge on any atom is -0.462 e. The number of phosphoric ester groups is 2. The molecular formula is C77H150O17P2. The van der Waals surface area contributed by atoms with Crippen molar-refractivity contribution in [1.82, 2.24) is 0 Å². The van der Waals surface area contributed by atoms with Gasteiger partial charge in [0.1, 0.15) is 19.3 Å². The average Bonchev–Trinajstić information content (AvgIpc) is 1.15. The van der Waals surface area contributed by atoms with E-state index in [9.17, 15) is 43.2 Å². The van der Waals surface area contributed by atoms with Gasteiger partial charge in [0.15, 0.2) is 12.2 Å². The highest BCUT2D eigenvalue weighted by atomic mass is 31.2. The van der Waals surface area contributed by atoms with Gasteiger partial charge >= 0.3 is 39.5 Å². The molecule has 17 nitrogen and oxygen atoms in total. The van der Waals surface area contributed by atoms with E-state index >= 15 is 0 Å². The zero-order valence-electron chi connectivity index (χ0n) is 62.4. The van der Waals surface area contributed by atoms with Crippen molar-refractivity contribution in [3.05, 3.63) is 0 Å². The maximum atomic E-state index is 13.1. The molecule has 96 heavy (non-hydrogen) atoms. The van der Waals surface area contributed by atoms with E-state index in [1.807, 2.05) is 0 Å². The minimum absolute atomic E-state index is 0.108. The number of phosphoric acid groups is 2. The minimum atomic E-state index is -4.96. The number of aliphatic hydroxyl groups is 1. The fourth-order valence-electron chi connectivity index (χ4n) is 11.9. The van der Waals surface area contributed by atoms with Crippen molar-refractivity contribution in [3.8, 4) is 0 Å². The molecule has 0 saturated carbocycles. The quantitative estimate of drug-likeness (QED) is 0.0222. The first-order valence-electron chi connectivity index (χ1n) is 40.3. The van der Waals surface area contributed by atoms with Crippen LogP contribution in [-0.4, -0.2) is 96.7 Å². The van der Waals surface area contributed by atoms with Gasteiger partial charge in [0.05, 0.1) is 26.4 Å². The van der Waals surface area contributed by atoms with E-state index in [4.69, 9.17) is 37.0 Å². The van der Waals surface area contributed by atoms with Gasteiger partial charge in [-0.25, -0.2) is 9.13 Å². The molecule has 0 aromatic rings. The van der Waals surface area contributed by atoms with Gasteiger partial charge in [0, 0.05) is 25.7 Å². The van der Waals surface area contributed by atoms with Gasteiger partial charge in [-0.3, -0.25) is 37.3 Å². The first-order chi connectivity index (χ1) is 46.7. The highest BCUT2D eigenvalue weighted by Gasteiger charge is 2.30. The first-order valence-corrected chi connectivity index (χ1v) is 43.3. The predicted octanol–water partition coefficient (Wildman–Crippen LogP) is 23.0. The number of carbonyl (C=O) groups is 4. The molecular weight excluding hydrogens is 1260 g/mol. The zero-order chi connectivity index (χ0) is 70.4. The number of rotatable bonds is 78. The Bertz CT molecular complexity index is 1830. The summed E-state index contributed by atoms with van der Waals surface area (Å²) < 4.78 is 68.5. The van der Waals surface area contributed by atoms with Crippen LogP contribution in [0.15, 0.2) is 0 Å². The van der Waals surface area contributed by atoms with E-state index < -0.39 is 97.5 Å². The lowest BCUT2D eigenvalue weighted by Crippen LogP contribution is -2.30. The molecule has 0 aliphatic rings. The summed E-state index contributed by atoms with van der Waals surface area (Å²) in [4.78, 5) is 72.8. The van der Waals surface area contributed by atoms with Crippen molar-refractivity contribution in [3.63, 3.8) is 0 Å². The number of unbranched alkanes of at least 4 members (excludes halogenated alkanes) is 52. The lowest BCUT2D eigenvalue weighted by atomic mass is 10.0. The van der Waals surface area contributed by atoms with Crippen LogP contribution in [-0.2, 0) is 65.4 Å². The van der Waals surface area contributed by atoms with E-state index in [2.05, 4.69) is 27.7 Å². The lowest BCUT2D eigenvalue weighted by Gasteiger charge is -2.21. The SMILES string of the molecule is CCCCCCCCCCCCCCCCCCCCCCC(=O)O[C@H](COC(=O)CCCCCCCCCCCCCCCC)COP(=O)(O)OC[C@@H](O)COP(=O)(O)OC[C@@H](COC(=O)CCCCCCCCCCCCC)OC(=O)CCCCCCCCCCCCC. The number of esters is 4. The summed E-state index contributed by atoms with van der Waals surface area (Å²) in [5.41, 5.74) is 0. The van der Waals surface area contributed by atoms with Gasteiger partial charge in [-0.1, -0.05) is 362 Å². The first kappa shape index (κ1) is 94.1. The topological polar surface area (TPSA) is 237 Å². The van der Waals surface area contributed by atoms with Crippen LogP contribution in [0.25, 0.3) is 0 Å². The van der Waals surface area contributed by atoms with Gasteiger partial charge in [-0.15, -0.1) is 0 Å². The molecule has 0 aliphatic carbocycles. The highest BCUT2D eigenvalue weighted by molar-refractivity contribution is 7.47. The third-order valence-electron chi connectivity index (χ3n) is 18.1. The summed E-state index contributed by atoms with van der Waals surface area (Å²) >= 11 is 0. The summed E-state index contributed by atoms with van der Waals surface area (Å²) in [5, 5.41) is 10.6. The number of carbonyl (C=O) groups excluding carboxylic acids is 4. The Morgan fingerprint density at radius 1 is 0.250 bits per heavy atom. The summed E-state index contributed by atoms with van der Waals surface area (Å²) in [6, 6.07) is 0. The van der Waals surface area contributed by atoms with Crippen molar-refractivity contribution in [2.45, 2.75) is 431 Å².